The third kappa shape index (κ3) is 3.40. The second-order valence-corrected chi connectivity index (χ2v) is 7.38. The Bertz CT molecular complexity index is 675. The zero-order valence-corrected chi connectivity index (χ0v) is 14.2. The number of amides is 2. The van der Waals surface area contributed by atoms with E-state index in [1.54, 1.807) is 6.07 Å². The predicted octanol–water partition coefficient (Wildman–Crippen LogP) is 2.82. The zero-order chi connectivity index (χ0) is 17.4. The molecular formula is C19H23FN2O3. The maximum atomic E-state index is 14.0. The Morgan fingerprint density at radius 2 is 1.84 bits per heavy atom. The van der Waals surface area contributed by atoms with Crippen molar-refractivity contribution in [2.75, 3.05) is 25.0 Å². The van der Waals surface area contributed by atoms with Crippen LogP contribution in [0.1, 0.15) is 42.5 Å². The summed E-state index contributed by atoms with van der Waals surface area (Å²) in [6.45, 7) is 2.09. The molecule has 2 aliphatic heterocycles. The first-order valence-electron chi connectivity index (χ1n) is 9.12. The minimum absolute atomic E-state index is 0.151. The van der Waals surface area contributed by atoms with Gasteiger partial charge in [0, 0.05) is 30.9 Å². The van der Waals surface area contributed by atoms with Crippen molar-refractivity contribution in [3.8, 4) is 0 Å². The average molecular weight is 346 g/mol. The van der Waals surface area contributed by atoms with Gasteiger partial charge in [-0.1, -0.05) is 6.42 Å². The first kappa shape index (κ1) is 16.5. The number of benzene rings is 1. The van der Waals surface area contributed by atoms with E-state index in [4.69, 9.17) is 4.74 Å². The van der Waals surface area contributed by atoms with Crippen LogP contribution in [0.3, 0.4) is 0 Å². The number of likely N-dealkylation sites (tertiary alicyclic amines) is 1. The minimum Gasteiger partial charge on any atom is -0.368 e. The summed E-state index contributed by atoms with van der Waals surface area (Å²) in [6, 6.07) is 4.05. The molecule has 0 bridgehead atoms. The van der Waals surface area contributed by atoms with E-state index < -0.39 is 11.9 Å². The molecule has 1 aliphatic carbocycles. The summed E-state index contributed by atoms with van der Waals surface area (Å²) >= 11 is 0. The smallest absolute Gasteiger partial charge is 0.254 e. The monoisotopic (exact) mass is 346 g/mol. The number of carbonyl (C=O) groups excluding carboxylic acids is 2. The molecule has 1 N–H and O–H groups in total. The van der Waals surface area contributed by atoms with Crippen molar-refractivity contribution in [2.24, 2.45) is 11.8 Å². The molecule has 0 radical (unpaired) electrons. The van der Waals surface area contributed by atoms with Gasteiger partial charge in [-0.15, -0.1) is 0 Å². The largest absolute Gasteiger partial charge is 0.368 e. The standard InChI is InChI=1S/C19H23FN2O3/c20-15-7-14(19(24)22-10-12-3-1-4-13(12)11-22)8-16(9-15)21-18(23)17-5-2-6-25-17/h7-9,12-13,17H,1-6,10-11H2,(H,21,23)/t12-,13+,17?. The van der Waals surface area contributed by atoms with E-state index in [0.29, 0.717) is 36.1 Å². The molecule has 134 valence electrons. The highest BCUT2D eigenvalue weighted by Crippen LogP contribution is 2.38. The van der Waals surface area contributed by atoms with Gasteiger partial charge >= 0.3 is 0 Å². The highest BCUT2D eigenvalue weighted by atomic mass is 19.1. The van der Waals surface area contributed by atoms with Gasteiger partial charge in [-0.25, -0.2) is 4.39 Å². The van der Waals surface area contributed by atoms with Gasteiger partial charge in [-0.05, 0) is 55.7 Å². The zero-order valence-electron chi connectivity index (χ0n) is 14.2. The minimum atomic E-state index is -0.520. The Hall–Kier alpha value is -1.95. The highest BCUT2D eigenvalue weighted by molar-refractivity contribution is 5.98. The Balaban J connectivity index is 1.47. The van der Waals surface area contributed by atoms with Crippen molar-refractivity contribution in [1.29, 1.82) is 0 Å². The molecule has 5 nitrogen and oxygen atoms in total. The number of nitrogens with zero attached hydrogens (tertiary/aromatic N) is 1. The molecule has 3 fully saturated rings. The van der Waals surface area contributed by atoms with Crippen LogP contribution in [0.4, 0.5) is 10.1 Å². The van der Waals surface area contributed by atoms with Crippen LogP contribution in [0.5, 0.6) is 0 Å². The van der Waals surface area contributed by atoms with Gasteiger partial charge < -0.3 is 15.0 Å². The number of hydrogen-bond acceptors (Lipinski definition) is 3. The quantitative estimate of drug-likeness (QED) is 0.916. The normalized spacial score (nSPS) is 28.2. The van der Waals surface area contributed by atoms with Gasteiger partial charge in [-0.3, -0.25) is 9.59 Å². The van der Waals surface area contributed by atoms with Crippen molar-refractivity contribution in [2.45, 2.75) is 38.2 Å². The van der Waals surface area contributed by atoms with Crippen LogP contribution in [-0.2, 0) is 9.53 Å². The summed E-state index contributed by atoms with van der Waals surface area (Å²) < 4.78 is 19.3. The third-order valence-corrected chi connectivity index (χ3v) is 5.65. The lowest BCUT2D eigenvalue weighted by atomic mass is 10.0. The Morgan fingerprint density at radius 1 is 1.08 bits per heavy atom. The number of fused-ring (bicyclic) bond motifs is 1. The first-order chi connectivity index (χ1) is 12.1. The number of rotatable bonds is 3. The maximum absolute atomic E-state index is 14.0. The fourth-order valence-electron chi connectivity index (χ4n) is 4.38. The van der Waals surface area contributed by atoms with E-state index in [9.17, 15) is 14.0 Å². The van der Waals surface area contributed by atoms with Crippen LogP contribution in [0, 0.1) is 17.7 Å². The van der Waals surface area contributed by atoms with Crippen LogP contribution in [0.15, 0.2) is 18.2 Å². The fraction of sp³-hybridized carbons (Fsp3) is 0.579. The predicted molar refractivity (Wildman–Crippen MR) is 90.7 cm³/mol. The molecule has 3 atom stereocenters. The van der Waals surface area contributed by atoms with Crippen LogP contribution in [0.2, 0.25) is 0 Å². The molecule has 1 aromatic carbocycles. The number of carbonyl (C=O) groups is 2. The van der Waals surface area contributed by atoms with Crippen LogP contribution in [0.25, 0.3) is 0 Å². The summed E-state index contributed by atoms with van der Waals surface area (Å²) in [6.07, 6.45) is 4.64. The molecule has 2 amide bonds. The first-order valence-corrected chi connectivity index (χ1v) is 9.12. The fourth-order valence-corrected chi connectivity index (χ4v) is 4.38. The van der Waals surface area contributed by atoms with Gasteiger partial charge in [0.15, 0.2) is 0 Å². The number of anilines is 1. The molecule has 0 spiro atoms. The number of nitrogens with one attached hydrogen (secondary N) is 1. The van der Waals surface area contributed by atoms with E-state index in [-0.39, 0.29) is 11.8 Å². The lowest BCUT2D eigenvalue weighted by molar-refractivity contribution is -0.124. The molecule has 25 heavy (non-hydrogen) atoms. The molecule has 1 unspecified atom stereocenters. The summed E-state index contributed by atoms with van der Waals surface area (Å²) in [4.78, 5) is 26.7. The summed E-state index contributed by atoms with van der Waals surface area (Å²) in [7, 11) is 0. The highest BCUT2D eigenvalue weighted by Gasteiger charge is 2.38. The van der Waals surface area contributed by atoms with Crippen molar-refractivity contribution < 1.29 is 18.7 Å². The molecule has 6 heteroatoms. The summed E-state index contributed by atoms with van der Waals surface area (Å²) in [5.74, 6) is 0.235. The topological polar surface area (TPSA) is 58.6 Å². The second kappa shape index (κ2) is 6.75. The molecule has 0 aromatic heterocycles. The molecular weight excluding hydrogens is 323 g/mol. The van der Waals surface area contributed by atoms with E-state index in [0.717, 1.165) is 19.5 Å². The number of ether oxygens (including phenoxy) is 1. The molecule has 3 aliphatic rings. The average Bonchev–Trinajstić information content (AvgIpc) is 3.30. The van der Waals surface area contributed by atoms with Gasteiger partial charge in [-0.2, -0.15) is 0 Å². The molecule has 2 saturated heterocycles. The summed E-state index contributed by atoms with van der Waals surface area (Å²) in [5.41, 5.74) is 0.603. The Morgan fingerprint density at radius 3 is 2.52 bits per heavy atom. The van der Waals surface area contributed by atoms with Crippen molar-refractivity contribution >= 4 is 17.5 Å². The van der Waals surface area contributed by atoms with Crippen molar-refractivity contribution in [3.05, 3.63) is 29.6 Å². The summed E-state index contributed by atoms with van der Waals surface area (Å²) in [5, 5.41) is 2.68. The molecule has 1 saturated carbocycles. The second-order valence-electron chi connectivity index (χ2n) is 7.38. The van der Waals surface area contributed by atoms with Crippen molar-refractivity contribution in [3.63, 3.8) is 0 Å². The van der Waals surface area contributed by atoms with Gasteiger partial charge in [0.25, 0.3) is 11.8 Å². The maximum Gasteiger partial charge on any atom is 0.254 e. The SMILES string of the molecule is O=C(Nc1cc(F)cc(C(=O)N2C[C@H]3CCC[C@H]3C2)c1)C1CCCO1. The van der Waals surface area contributed by atoms with E-state index in [1.807, 2.05) is 4.90 Å². The van der Waals surface area contributed by atoms with Crippen LogP contribution < -0.4 is 5.32 Å². The van der Waals surface area contributed by atoms with Gasteiger partial charge in [0.2, 0.25) is 0 Å². The molecule has 4 rings (SSSR count). The van der Waals surface area contributed by atoms with Gasteiger partial charge in [0.1, 0.15) is 11.9 Å². The number of halogens is 1. The number of hydrogen-bond donors (Lipinski definition) is 1. The molecule has 2 heterocycles. The van der Waals surface area contributed by atoms with E-state index in [2.05, 4.69) is 5.32 Å². The molecule has 1 aromatic rings. The van der Waals surface area contributed by atoms with Crippen LogP contribution in [-0.4, -0.2) is 42.5 Å². The van der Waals surface area contributed by atoms with E-state index in [1.165, 1.54) is 31.4 Å². The van der Waals surface area contributed by atoms with Crippen LogP contribution >= 0.6 is 0 Å². The van der Waals surface area contributed by atoms with Crippen molar-refractivity contribution in [1.82, 2.24) is 4.90 Å². The Labute approximate surface area is 146 Å². The lowest BCUT2D eigenvalue weighted by Crippen LogP contribution is -2.30. The third-order valence-electron chi connectivity index (χ3n) is 5.65. The lowest BCUT2D eigenvalue weighted by Gasteiger charge is -2.18. The van der Waals surface area contributed by atoms with Gasteiger partial charge in [0.05, 0.1) is 0 Å². The Kier molecular flexibility index (Phi) is 4.46. The van der Waals surface area contributed by atoms with E-state index >= 15 is 0 Å².